The highest BCUT2D eigenvalue weighted by molar-refractivity contribution is 7.91. The van der Waals surface area contributed by atoms with Gasteiger partial charge in [-0.25, -0.2) is 13.2 Å². The summed E-state index contributed by atoms with van der Waals surface area (Å²) in [6, 6.07) is -1.32. The van der Waals surface area contributed by atoms with E-state index < -0.39 is 39.5 Å². The number of carbonyl (C=O) groups excluding carboxylic acids is 2. The van der Waals surface area contributed by atoms with Gasteiger partial charge in [-0.15, -0.1) is 0 Å². The zero-order valence-corrected chi connectivity index (χ0v) is 11.5. The summed E-state index contributed by atoms with van der Waals surface area (Å²) in [6.07, 6.45) is 0.522. The number of hydrogen-bond donors (Lipinski definition) is 2. The first-order valence-electron chi connectivity index (χ1n) is 5.51. The first-order valence-corrected chi connectivity index (χ1v) is 7.57. The highest BCUT2D eigenvalue weighted by atomic mass is 32.2. The molecule has 0 aromatic rings. The maximum absolute atomic E-state index is 11.3. The minimum Gasteiger partial charge on any atom is -0.480 e. The van der Waals surface area contributed by atoms with Gasteiger partial charge >= 0.3 is 11.9 Å². The van der Waals surface area contributed by atoms with Gasteiger partial charge in [-0.05, 0) is 13.3 Å². The molecule has 1 atom stereocenters. The van der Waals surface area contributed by atoms with E-state index in [9.17, 15) is 22.8 Å². The first-order chi connectivity index (χ1) is 8.65. The number of hydrogen-bond acceptors (Lipinski definition) is 6. The molecule has 0 bridgehead atoms. The second kappa shape index (κ2) is 7.72. The number of esters is 1. The summed E-state index contributed by atoms with van der Waals surface area (Å²) in [5, 5.41) is 10.9. The van der Waals surface area contributed by atoms with Gasteiger partial charge in [0.1, 0.15) is 11.8 Å². The normalized spacial score (nSPS) is 12.5. The lowest BCUT2D eigenvalue weighted by molar-refractivity contribution is -0.145. The van der Waals surface area contributed by atoms with E-state index in [4.69, 9.17) is 5.11 Å². The zero-order chi connectivity index (χ0) is 15.1. The minimum atomic E-state index is -3.53. The van der Waals surface area contributed by atoms with E-state index in [2.05, 4.69) is 4.74 Å². The van der Waals surface area contributed by atoms with Crippen LogP contribution in [-0.4, -0.2) is 56.0 Å². The number of aliphatic carboxylic acids is 1. The maximum atomic E-state index is 11.3. The molecule has 110 valence electrons. The second-order valence-electron chi connectivity index (χ2n) is 3.87. The molecule has 0 fully saturated rings. The van der Waals surface area contributed by atoms with Gasteiger partial charge in [0.05, 0.1) is 6.61 Å². The number of nitrogens with one attached hydrogen (secondary N) is 1. The summed E-state index contributed by atoms with van der Waals surface area (Å²) < 4.78 is 26.3. The summed E-state index contributed by atoms with van der Waals surface area (Å²) in [6.45, 7) is 1.79. The molecule has 0 saturated carbocycles. The van der Waals surface area contributed by atoms with E-state index in [1.54, 1.807) is 6.92 Å². The second-order valence-corrected chi connectivity index (χ2v) is 6.01. The molecule has 0 spiro atoms. The average molecular weight is 295 g/mol. The number of carbonyl (C=O) groups is 3. The topological polar surface area (TPSA) is 127 Å². The van der Waals surface area contributed by atoms with Crippen LogP contribution < -0.4 is 5.32 Å². The number of amides is 1. The molecule has 19 heavy (non-hydrogen) atoms. The van der Waals surface area contributed by atoms with Crippen LogP contribution in [0.1, 0.15) is 19.8 Å². The van der Waals surface area contributed by atoms with Crippen molar-refractivity contribution in [2.45, 2.75) is 25.8 Å². The molecule has 0 heterocycles. The van der Waals surface area contributed by atoms with E-state index in [0.717, 1.165) is 6.26 Å². The van der Waals surface area contributed by atoms with Crippen LogP contribution in [0.2, 0.25) is 0 Å². The fourth-order valence-electron chi connectivity index (χ4n) is 1.23. The summed E-state index contributed by atoms with van der Waals surface area (Å²) >= 11 is 0. The van der Waals surface area contributed by atoms with Crippen molar-refractivity contribution < 1.29 is 32.6 Å². The molecule has 0 aliphatic heterocycles. The van der Waals surface area contributed by atoms with Gasteiger partial charge < -0.3 is 15.2 Å². The third-order valence-corrected chi connectivity index (χ3v) is 2.76. The van der Waals surface area contributed by atoms with E-state index in [-0.39, 0.29) is 19.4 Å². The molecule has 2 N–H and O–H groups in total. The highest BCUT2D eigenvalue weighted by Gasteiger charge is 2.22. The predicted octanol–water partition coefficient (Wildman–Crippen LogP) is -1.06. The van der Waals surface area contributed by atoms with E-state index in [1.807, 2.05) is 5.32 Å². The SMILES string of the molecule is CCOC(=O)CC[C@H](NC(=O)CS(C)(=O)=O)C(=O)O. The Kier molecular flexibility index (Phi) is 7.05. The Balaban J connectivity index is 4.39. The lowest BCUT2D eigenvalue weighted by Gasteiger charge is -2.13. The van der Waals surface area contributed by atoms with Crippen LogP contribution >= 0.6 is 0 Å². The molecule has 8 nitrogen and oxygen atoms in total. The van der Waals surface area contributed by atoms with Crippen molar-refractivity contribution in [3.05, 3.63) is 0 Å². The monoisotopic (exact) mass is 295 g/mol. The lowest BCUT2D eigenvalue weighted by Crippen LogP contribution is -2.43. The summed E-state index contributed by atoms with van der Waals surface area (Å²) in [5.74, 6) is -3.63. The van der Waals surface area contributed by atoms with Crippen molar-refractivity contribution in [2.24, 2.45) is 0 Å². The fourth-order valence-corrected chi connectivity index (χ4v) is 1.79. The standard InChI is InChI=1S/C10H17NO7S/c1-3-18-9(13)5-4-7(10(14)15)11-8(12)6-19(2,16)17/h7H,3-6H2,1-2H3,(H,11,12)(H,14,15)/t7-/m0/s1. The molecule has 1 amide bonds. The maximum Gasteiger partial charge on any atom is 0.326 e. The smallest absolute Gasteiger partial charge is 0.326 e. The van der Waals surface area contributed by atoms with Crippen LogP contribution in [0, 0.1) is 0 Å². The van der Waals surface area contributed by atoms with Gasteiger partial charge in [0.15, 0.2) is 9.84 Å². The minimum absolute atomic E-state index is 0.163. The van der Waals surface area contributed by atoms with Gasteiger partial charge in [-0.2, -0.15) is 0 Å². The molecule has 0 aliphatic carbocycles. The molecule has 0 rings (SSSR count). The van der Waals surface area contributed by atoms with Crippen molar-refractivity contribution in [3.8, 4) is 0 Å². The zero-order valence-electron chi connectivity index (χ0n) is 10.7. The van der Waals surface area contributed by atoms with Crippen LogP contribution in [0.4, 0.5) is 0 Å². The van der Waals surface area contributed by atoms with Crippen molar-refractivity contribution in [1.29, 1.82) is 0 Å². The van der Waals surface area contributed by atoms with Gasteiger partial charge in [0, 0.05) is 12.7 Å². The van der Waals surface area contributed by atoms with Crippen LogP contribution in [0.15, 0.2) is 0 Å². The fraction of sp³-hybridized carbons (Fsp3) is 0.700. The molecular weight excluding hydrogens is 278 g/mol. The lowest BCUT2D eigenvalue weighted by atomic mass is 10.1. The molecule has 0 radical (unpaired) electrons. The molecule has 9 heteroatoms. The Morgan fingerprint density at radius 2 is 1.89 bits per heavy atom. The summed E-state index contributed by atoms with van der Waals surface area (Å²) in [5.41, 5.74) is 0. The van der Waals surface area contributed by atoms with Crippen molar-refractivity contribution in [1.82, 2.24) is 5.32 Å². The molecule has 0 aliphatic rings. The highest BCUT2D eigenvalue weighted by Crippen LogP contribution is 2.00. The Labute approximate surface area is 111 Å². The van der Waals surface area contributed by atoms with Crippen molar-refractivity contribution in [2.75, 3.05) is 18.6 Å². The summed E-state index contributed by atoms with van der Waals surface area (Å²) in [7, 11) is -3.53. The Hall–Kier alpha value is -1.64. The van der Waals surface area contributed by atoms with Crippen molar-refractivity contribution >= 4 is 27.7 Å². The first kappa shape index (κ1) is 17.4. The molecule has 0 aromatic heterocycles. The van der Waals surface area contributed by atoms with Crippen LogP contribution in [0.25, 0.3) is 0 Å². The molecule has 0 unspecified atom stereocenters. The summed E-state index contributed by atoms with van der Waals surface area (Å²) in [4.78, 5) is 33.2. The van der Waals surface area contributed by atoms with Crippen LogP contribution in [-0.2, 0) is 29.0 Å². The van der Waals surface area contributed by atoms with Gasteiger partial charge in [0.25, 0.3) is 0 Å². The van der Waals surface area contributed by atoms with E-state index >= 15 is 0 Å². The predicted molar refractivity (Wildman–Crippen MR) is 65.1 cm³/mol. The number of carboxylic acid groups (broad SMARTS) is 1. The average Bonchev–Trinajstić information content (AvgIpc) is 2.21. The van der Waals surface area contributed by atoms with Crippen LogP contribution in [0.5, 0.6) is 0 Å². The molecular formula is C10H17NO7S. The number of rotatable bonds is 8. The Bertz CT molecular complexity index is 443. The van der Waals surface area contributed by atoms with E-state index in [1.165, 1.54) is 0 Å². The van der Waals surface area contributed by atoms with Crippen molar-refractivity contribution in [3.63, 3.8) is 0 Å². The Morgan fingerprint density at radius 1 is 1.32 bits per heavy atom. The quantitative estimate of drug-likeness (QED) is 0.546. The number of ether oxygens (including phenoxy) is 1. The molecule has 0 aromatic carbocycles. The van der Waals surface area contributed by atoms with Gasteiger partial charge in [-0.1, -0.05) is 0 Å². The number of sulfone groups is 1. The Morgan fingerprint density at radius 3 is 2.32 bits per heavy atom. The third-order valence-electron chi connectivity index (χ3n) is 1.97. The largest absolute Gasteiger partial charge is 0.480 e. The molecule has 0 saturated heterocycles. The van der Waals surface area contributed by atoms with Gasteiger partial charge in [-0.3, -0.25) is 9.59 Å². The van der Waals surface area contributed by atoms with Gasteiger partial charge in [0.2, 0.25) is 5.91 Å². The van der Waals surface area contributed by atoms with E-state index in [0.29, 0.717) is 0 Å². The third kappa shape index (κ3) is 9.00. The number of carboxylic acids is 1. The van der Waals surface area contributed by atoms with Crippen LogP contribution in [0.3, 0.4) is 0 Å².